The molecule has 0 radical (unpaired) electrons. The first-order chi connectivity index (χ1) is 14.3. The average Bonchev–Trinajstić information content (AvgIpc) is 3.23. The fourth-order valence-corrected chi connectivity index (χ4v) is 3.81. The fraction of sp³-hybridized carbons (Fsp3) is 0.350. The topological polar surface area (TPSA) is 140 Å². The van der Waals surface area contributed by atoms with Crippen LogP contribution in [0.5, 0.6) is 0 Å². The second kappa shape index (κ2) is 9.68. The normalized spacial score (nSPS) is 15.2. The molecule has 30 heavy (non-hydrogen) atoms. The van der Waals surface area contributed by atoms with E-state index < -0.39 is 14.9 Å². The highest BCUT2D eigenvalue weighted by molar-refractivity contribution is 7.89. The smallest absolute Gasteiger partial charge is 0.269 e. The van der Waals surface area contributed by atoms with Crippen LogP contribution in [0.1, 0.15) is 36.8 Å². The molecule has 0 atom stereocenters. The number of rotatable bonds is 7. The van der Waals surface area contributed by atoms with Crippen molar-refractivity contribution in [2.75, 3.05) is 0 Å². The molecule has 1 aliphatic rings. The van der Waals surface area contributed by atoms with Gasteiger partial charge in [-0.05, 0) is 36.1 Å². The molecule has 1 fully saturated rings. The fourth-order valence-electron chi connectivity index (χ4n) is 3.29. The zero-order valence-corrected chi connectivity index (χ0v) is 17.3. The molecular weight excluding hydrogens is 406 g/mol. The van der Waals surface area contributed by atoms with Gasteiger partial charge >= 0.3 is 0 Å². The lowest BCUT2D eigenvalue weighted by atomic mass is 10.2. The van der Waals surface area contributed by atoms with Crippen molar-refractivity contribution in [3.05, 3.63) is 69.8 Å². The van der Waals surface area contributed by atoms with Crippen LogP contribution in [-0.4, -0.2) is 25.3 Å². The average molecular weight is 432 g/mol. The Morgan fingerprint density at radius 1 is 1.07 bits per heavy atom. The molecule has 0 aliphatic heterocycles. The van der Waals surface area contributed by atoms with Crippen LogP contribution in [0, 0.1) is 10.1 Å². The maximum Gasteiger partial charge on any atom is 0.269 e. The van der Waals surface area contributed by atoms with Crippen LogP contribution >= 0.6 is 0 Å². The Hall–Kier alpha value is -2.98. The number of hydrogen-bond donors (Lipinski definition) is 3. The van der Waals surface area contributed by atoms with Gasteiger partial charge in [-0.25, -0.2) is 18.5 Å². The van der Waals surface area contributed by atoms with Crippen LogP contribution in [0.4, 0.5) is 5.69 Å². The molecule has 0 aromatic heterocycles. The molecule has 4 N–H and O–H groups in total. The standard InChI is InChI=1S/C20H25N5O4S/c21-30(28,29)19-11-7-16(8-12-19)14-23-20(24-17-3-1-2-4-17)22-13-15-5-9-18(10-6-15)25(26)27/h5-12,17H,1-4,13-14H2,(H2,21,28,29)(H2,22,23,24). The number of non-ortho nitro benzene ring substituents is 1. The molecule has 2 aromatic rings. The summed E-state index contributed by atoms with van der Waals surface area (Å²) in [5.74, 6) is 0.649. The molecular formula is C20H25N5O4S. The van der Waals surface area contributed by atoms with E-state index in [1.165, 1.54) is 37.1 Å². The largest absolute Gasteiger partial charge is 0.354 e. The minimum atomic E-state index is -3.72. The van der Waals surface area contributed by atoms with Gasteiger partial charge in [0.1, 0.15) is 0 Å². The van der Waals surface area contributed by atoms with Gasteiger partial charge in [-0.1, -0.05) is 37.1 Å². The molecule has 160 valence electrons. The first-order valence-corrected chi connectivity index (χ1v) is 11.3. The molecule has 0 spiro atoms. The third kappa shape index (κ3) is 6.26. The summed E-state index contributed by atoms with van der Waals surface area (Å²) in [5, 5.41) is 22.6. The van der Waals surface area contributed by atoms with E-state index in [0.717, 1.165) is 24.0 Å². The van der Waals surface area contributed by atoms with Gasteiger partial charge in [-0.2, -0.15) is 0 Å². The minimum absolute atomic E-state index is 0.0552. The van der Waals surface area contributed by atoms with Gasteiger partial charge in [-0.15, -0.1) is 0 Å². The Labute approximate surface area is 175 Å². The van der Waals surface area contributed by atoms with Crippen molar-refractivity contribution in [2.24, 2.45) is 10.1 Å². The molecule has 9 nitrogen and oxygen atoms in total. The highest BCUT2D eigenvalue weighted by Crippen LogP contribution is 2.18. The molecule has 1 aliphatic carbocycles. The van der Waals surface area contributed by atoms with Gasteiger partial charge < -0.3 is 10.6 Å². The number of hydrogen-bond acceptors (Lipinski definition) is 5. The van der Waals surface area contributed by atoms with Crippen molar-refractivity contribution in [1.82, 2.24) is 10.6 Å². The van der Waals surface area contributed by atoms with Crippen molar-refractivity contribution in [3.63, 3.8) is 0 Å². The van der Waals surface area contributed by atoms with Crippen LogP contribution in [0.3, 0.4) is 0 Å². The van der Waals surface area contributed by atoms with Crippen molar-refractivity contribution in [3.8, 4) is 0 Å². The van der Waals surface area contributed by atoms with Crippen LogP contribution in [0.25, 0.3) is 0 Å². The van der Waals surface area contributed by atoms with Crippen LogP contribution in [-0.2, 0) is 23.1 Å². The van der Waals surface area contributed by atoms with Crippen molar-refractivity contribution >= 4 is 21.7 Å². The summed E-state index contributed by atoms with van der Waals surface area (Å²) in [5.41, 5.74) is 1.81. The lowest BCUT2D eigenvalue weighted by Gasteiger charge is -2.17. The predicted octanol–water partition coefficient (Wildman–Crippen LogP) is 2.42. The van der Waals surface area contributed by atoms with E-state index in [9.17, 15) is 18.5 Å². The number of nitrogens with zero attached hydrogens (tertiary/aromatic N) is 2. The number of sulfonamides is 1. The summed E-state index contributed by atoms with van der Waals surface area (Å²) in [6.07, 6.45) is 4.53. The number of nitro groups is 1. The van der Waals surface area contributed by atoms with Gasteiger partial charge in [0.15, 0.2) is 5.96 Å². The molecule has 0 unspecified atom stereocenters. The Morgan fingerprint density at radius 3 is 2.23 bits per heavy atom. The van der Waals surface area contributed by atoms with Crippen molar-refractivity contribution in [1.29, 1.82) is 0 Å². The first-order valence-electron chi connectivity index (χ1n) is 9.71. The predicted molar refractivity (Wildman–Crippen MR) is 114 cm³/mol. The molecule has 0 saturated heterocycles. The molecule has 2 aromatic carbocycles. The van der Waals surface area contributed by atoms with Crippen molar-refractivity contribution < 1.29 is 13.3 Å². The summed E-state index contributed by atoms with van der Waals surface area (Å²) in [6, 6.07) is 13.0. The SMILES string of the molecule is NS(=O)(=O)c1ccc(CN=C(NCc2ccc([N+](=O)[O-])cc2)NC2CCCC2)cc1. The van der Waals surface area contributed by atoms with Gasteiger partial charge in [0.25, 0.3) is 5.69 Å². The number of nitrogens with one attached hydrogen (secondary N) is 2. The van der Waals surface area contributed by atoms with Crippen molar-refractivity contribution in [2.45, 2.75) is 49.7 Å². The number of nitro benzene ring substituents is 1. The summed E-state index contributed by atoms with van der Waals surface area (Å²) >= 11 is 0. The maximum atomic E-state index is 11.4. The Bertz CT molecular complexity index is 998. The quantitative estimate of drug-likeness (QED) is 0.266. The second-order valence-corrected chi connectivity index (χ2v) is 8.82. The monoisotopic (exact) mass is 431 g/mol. The Morgan fingerprint density at radius 2 is 1.67 bits per heavy atom. The van der Waals surface area contributed by atoms with E-state index >= 15 is 0 Å². The van der Waals surface area contributed by atoms with Crippen LogP contribution < -0.4 is 15.8 Å². The number of guanidine groups is 1. The number of aliphatic imine (C=N–C) groups is 1. The lowest BCUT2D eigenvalue weighted by Crippen LogP contribution is -2.42. The lowest BCUT2D eigenvalue weighted by molar-refractivity contribution is -0.384. The minimum Gasteiger partial charge on any atom is -0.354 e. The molecule has 1 saturated carbocycles. The van der Waals surface area contributed by atoms with E-state index in [0.29, 0.717) is 25.1 Å². The second-order valence-electron chi connectivity index (χ2n) is 7.26. The highest BCUT2D eigenvalue weighted by atomic mass is 32.2. The molecule has 0 bridgehead atoms. The Balaban J connectivity index is 1.67. The molecule has 3 rings (SSSR count). The van der Waals surface area contributed by atoms with Gasteiger partial charge in [0, 0.05) is 24.7 Å². The van der Waals surface area contributed by atoms with E-state index in [1.807, 2.05) is 0 Å². The van der Waals surface area contributed by atoms with E-state index in [-0.39, 0.29) is 10.6 Å². The third-order valence-corrected chi connectivity index (χ3v) is 5.90. The number of benzene rings is 2. The van der Waals surface area contributed by atoms with Gasteiger partial charge in [0.05, 0.1) is 16.4 Å². The summed E-state index contributed by atoms with van der Waals surface area (Å²) in [7, 11) is -3.72. The summed E-state index contributed by atoms with van der Waals surface area (Å²) < 4.78 is 22.7. The van der Waals surface area contributed by atoms with Gasteiger partial charge in [-0.3, -0.25) is 10.1 Å². The van der Waals surface area contributed by atoms with Crippen LogP contribution in [0.2, 0.25) is 0 Å². The molecule has 10 heteroatoms. The number of primary sulfonamides is 1. The maximum absolute atomic E-state index is 11.4. The van der Waals surface area contributed by atoms with Gasteiger partial charge in [0.2, 0.25) is 10.0 Å². The van der Waals surface area contributed by atoms with Crippen LogP contribution in [0.15, 0.2) is 58.4 Å². The third-order valence-electron chi connectivity index (χ3n) is 4.97. The van der Waals surface area contributed by atoms with E-state index in [1.54, 1.807) is 24.3 Å². The molecule has 0 amide bonds. The van der Waals surface area contributed by atoms with E-state index in [4.69, 9.17) is 5.14 Å². The molecule has 0 heterocycles. The zero-order chi connectivity index (χ0) is 21.6. The number of nitrogens with two attached hydrogens (primary N) is 1. The Kier molecular flexibility index (Phi) is 7.01. The van der Waals surface area contributed by atoms with E-state index in [2.05, 4.69) is 15.6 Å². The first kappa shape index (κ1) is 21.7. The summed E-state index contributed by atoms with van der Waals surface area (Å²) in [4.78, 5) is 15.0. The summed E-state index contributed by atoms with van der Waals surface area (Å²) in [6.45, 7) is 0.841. The highest BCUT2D eigenvalue weighted by Gasteiger charge is 2.16. The zero-order valence-electron chi connectivity index (χ0n) is 16.5.